The Balaban J connectivity index is 1.67. The van der Waals surface area contributed by atoms with Gasteiger partial charge in [-0.25, -0.2) is 0 Å². The summed E-state index contributed by atoms with van der Waals surface area (Å²) in [4.78, 5) is 2.10. The normalized spacial score (nSPS) is 10.6. The number of rotatable bonds is 8. The molecule has 0 aromatic heterocycles. The van der Waals surface area contributed by atoms with Crippen molar-refractivity contribution >= 4 is 23.0 Å². The highest BCUT2D eigenvalue weighted by atomic mass is 32.1. The van der Waals surface area contributed by atoms with E-state index >= 15 is 0 Å². The number of benzene rings is 3. The molecule has 0 spiro atoms. The molecule has 0 saturated heterocycles. The summed E-state index contributed by atoms with van der Waals surface area (Å²) in [5, 5.41) is 3.77. The Hall–Kier alpha value is -2.99. The van der Waals surface area contributed by atoms with Gasteiger partial charge >= 0.3 is 6.61 Å². The second kappa shape index (κ2) is 10.5. The molecule has 0 aliphatic carbocycles. The van der Waals surface area contributed by atoms with Crippen LogP contribution in [0.1, 0.15) is 11.1 Å². The second-order valence-corrected chi connectivity index (χ2v) is 6.86. The number of hydrogen-bond donors (Lipinski definition) is 1. The standard InChI is InChI=1S/C23H22F2N2OS/c24-22(25)28-21-13-11-20(12-14-21)26-23(29)27(17-19-9-5-2-6-10-19)16-15-18-7-3-1-4-8-18/h1-14,22H,15-17H2,(H,26,29). The Morgan fingerprint density at radius 2 is 1.45 bits per heavy atom. The van der Waals surface area contributed by atoms with Crippen LogP contribution in [0, 0.1) is 0 Å². The number of halogens is 2. The van der Waals surface area contributed by atoms with Crippen LogP contribution in [0.15, 0.2) is 84.9 Å². The summed E-state index contributed by atoms with van der Waals surface area (Å²) in [6.45, 7) is -1.42. The molecule has 0 unspecified atom stereocenters. The number of nitrogens with zero attached hydrogens (tertiary/aromatic N) is 1. The molecule has 0 fully saturated rings. The van der Waals surface area contributed by atoms with Crippen molar-refractivity contribution in [3.05, 3.63) is 96.1 Å². The Morgan fingerprint density at radius 3 is 2.03 bits per heavy atom. The van der Waals surface area contributed by atoms with E-state index in [0.29, 0.717) is 11.7 Å². The van der Waals surface area contributed by atoms with Crippen molar-refractivity contribution in [2.75, 3.05) is 11.9 Å². The summed E-state index contributed by atoms with van der Waals surface area (Å²) in [5.74, 6) is 0.113. The maximum atomic E-state index is 12.3. The van der Waals surface area contributed by atoms with Crippen LogP contribution < -0.4 is 10.1 Å². The van der Waals surface area contributed by atoms with Crippen molar-refractivity contribution in [3.63, 3.8) is 0 Å². The Morgan fingerprint density at radius 1 is 0.862 bits per heavy atom. The minimum Gasteiger partial charge on any atom is -0.435 e. The van der Waals surface area contributed by atoms with Crippen LogP contribution in [0.2, 0.25) is 0 Å². The zero-order chi connectivity index (χ0) is 20.5. The minimum absolute atomic E-state index is 0.113. The fourth-order valence-corrected chi connectivity index (χ4v) is 3.16. The lowest BCUT2D eigenvalue weighted by molar-refractivity contribution is -0.0498. The van der Waals surface area contributed by atoms with Crippen molar-refractivity contribution in [1.29, 1.82) is 0 Å². The molecule has 0 aliphatic rings. The van der Waals surface area contributed by atoms with Gasteiger partial charge in [-0.3, -0.25) is 0 Å². The summed E-state index contributed by atoms with van der Waals surface area (Å²) < 4.78 is 29.0. The summed E-state index contributed by atoms with van der Waals surface area (Å²) in [6.07, 6.45) is 0.858. The van der Waals surface area contributed by atoms with Gasteiger partial charge in [0.05, 0.1) is 0 Å². The predicted molar refractivity (Wildman–Crippen MR) is 116 cm³/mol. The van der Waals surface area contributed by atoms with Crippen LogP contribution in [0.25, 0.3) is 0 Å². The van der Waals surface area contributed by atoms with E-state index in [-0.39, 0.29) is 5.75 Å². The number of ether oxygens (including phenoxy) is 1. The van der Waals surface area contributed by atoms with E-state index in [1.54, 1.807) is 12.1 Å². The van der Waals surface area contributed by atoms with E-state index in [0.717, 1.165) is 24.2 Å². The summed E-state index contributed by atoms with van der Waals surface area (Å²) in [7, 11) is 0. The van der Waals surface area contributed by atoms with Gasteiger partial charge in [0.2, 0.25) is 0 Å². The van der Waals surface area contributed by atoms with Gasteiger partial charge in [0, 0.05) is 18.8 Å². The van der Waals surface area contributed by atoms with E-state index < -0.39 is 6.61 Å². The first-order chi connectivity index (χ1) is 14.1. The van der Waals surface area contributed by atoms with Gasteiger partial charge in [0.15, 0.2) is 5.11 Å². The third kappa shape index (κ3) is 6.84. The molecule has 0 aliphatic heterocycles. The number of nitrogens with one attached hydrogen (secondary N) is 1. The topological polar surface area (TPSA) is 24.5 Å². The lowest BCUT2D eigenvalue weighted by Gasteiger charge is -2.26. The SMILES string of the molecule is FC(F)Oc1ccc(NC(=S)N(CCc2ccccc2)Cc2ccccc2)cc1. The van der Waals surface area contributed by atoms with Crippen LogP contribution in [0.3, 0.4) is 0 Å². The van der Waals surface area contributed by atoms with E-state index in [1.165, 1.54) is 17.7 Å². The molecule has 0 radical (unpaired) electrons. The average Bonchev–Trinajstić information content (AvgIpc) is 2.73. The molecule has 6 heteroatoms. The first-order valence-corrected chi connectivity index (χ1v) is 9.69. The van der Waals surface area contributed by atoms with Crippen LogP contribution in [-0.4, -0.2) is 23.2 Å². The molecule has 0 atom stereocenters. The number of alkyl halides is 2. The van der Waals surface area contributed by atoms with Gasteiger partial charge in [0.25, 0.3) is 0 Å². The predicted octanol–water partition coefficient (Wildman–Crippen LogP) is 5.73. The molecular weight excluding hydrogens is 390 g/mol. The van der Waals surface area contributed by atoms with Gasteiger partial charge in [0.1, 0.15) is 5.75 Å². The van der Waals surface area contributed by atoms with Crippen molar-refractivity contribution in [1.82, 2.24) is 4.90 Å². The van der Waals surface area contributed by atoms with Gasteiger partial charge in [-0.15, -0.1) is 0 Å². The van der Waals surface area contributed by atoms with Crippen LogP contribution >= 0.6 is 12.2 Å². The second-order valence-electron chi connectivity index (χ2n) is 6.48. The Labute approximate surface area is 174 Å². The largest absolute Gasteiger partial charge is 0.435 e. The average molecular weight is 413 g/mol. The molecule has 3 aromatic rings. The minimum atomic E-state index is -2.84. The van der Waals surface area contributed by atoms with Gasteiger partial charge in [-0.2, -0.15) is 8.78 Å². The number of hydrogen-bond acceptors (Lipinski definition) is 2. The van der Waals surface area contributed by atoms with Crippen molar-refractivity contribution in [2.45, 2.75) is 19.6 Å². The van der Waals surface area contributed by atoms with Crippen LogP contribution in [0.4, 0.5) is 14.5 Å². The van der Waals surface area contributed by atoms with Crippen LogP contribution in [-0.2, 0) is 13.0 Å². The summed E-state index contributed by atoms with van der Waals surface area (Å²) in [6, 6.07) is 26.7. The zero-order valence-electron chi connectivity index (χ0n) is 15.8. The van der Waals surface area contributed by atoms with E-state index in [4.69, 9.17) is 12.2 Å². The fraction of sp³-hybridized carbons (Fsp3) is 0.174. The van der Waals surface area contributed by atoms with E-state index in [2.05, 4.69) is 39.2 Å². The van der Waals surface area contributed by atoms with Gasteiger partial charge in [-0.1, -0.05) is 60.7 Å². The highest BCUT2D eigenvalue weighted by Gasteiger charge is 2.12. The first kappa shape index (κ1) is 20.7. The fourth-order valence-electron chi connectivity index (χ4n) is 2.89. The summed E-state index contributed by atoms with van der Waals surface area (Å²) in [5.41, 5.74) is 3.11. The Kier molecular flexibility index (Phi) is 7.53. The molecule has 3 aromatic carbocycles. The molecule has 3 rings (SSSR count). The summed E-state index contributed by atoms with van der Waals surface area (Å²) >= 11 is 5.64. The van der Waals surface area contributed by atoms with Crippen molar-refractivity contribution < 1.29 is 13.5 Å². The van der Waals surface area contributed by atoms with Crippen LogP contribution in [0.5, 0.6) is 5.75 Å². The first-order valence-electron chi connectivity index (χ1n) is 9.29. The molecule has 0 saturated carbocycles. The van der Waals surface area contributed by atoms with E-state index in [1.807, 2.05) is 36.4 Å². The highest BCUT2D eigenvalue weighted by Crippen LogP contribution is 2.18. The van der Waals surface area contributed by atoms with Gasteiger partial charge < -0.3 is 15.0 Å². The molecular formula is C23H22F2N2OS. The quantitative estimate of drug-likeness (QED) is 0.478. The zero-order valence-corrected chi connectivity index (χ0v) is 16.6. The molecule has 1 N–H and O–H groups in total. The van der Waals surface area contributed by atoms with Crippen molar-refractivity contribution in [3.8, 4) is 5.75 Å². The molecule has 150 valence electrons. The Bertz CT molecular complexity index is 890. The number of anilines is 1. The molecule has 3 nitrogen and oxygen atoms in total. The molecule has 0 amide bonds. The van der Waals surface area contributed by atoms with E-state index in [9.17, 15) is 8.78 Å². The molecule has 0 bridgehead atoms. The highest BCUT2D eigenvalue weighted by molar-refractivity contribution is 7.80. The lowest BCUT2D eigenvalue weighted by Crippen LogP contribution is -2.35. The maximum absolute atomic E-state index is 12.3. The van der Waals surface area contributed by atoms with Gasteiger partial charge in [-0.05, 0) is 54.0 Å². The third-order valence-electron chi connectivity index (χ3n) is 4.35. The number of thiocarbonyl (C=S) groups is 1. The lowest BCUT2D eigenvalue weighted by atomic mass is 10.1. The smallest absolute Gasteiger partial charge is 0.387 e. The molecule has 29 heavy (non-hydrogen) atoms. The third-order valence-corrected chi connectivity index (χ3v) is 4.71. The van der Waals surface area contributed by atoms with Crippen molar-refractivity contribution in [2.24, 2.45) is 0 Å². The monoisotopic (exact) mass is 412 g/mol. The molecule has 0 heterocycles. The maximum Gasteiger partial charge on any atom is 0.387 e.